The lowest BCUT2D eigenvalue weighted by Gasteiger charge is -2.51. The quantitative estimate of drug-likeness (QED) is 0.734. The van der Waals surface area contributed by atoms with Gasteiger partial charge >= 0.3 is 0 Å². The lowest BCUT2D eigenvalue weighted by Crippen LogP contribution is -2.62. The second-order valence-electron chi connectivity index (χ2n) is 6.05. The number of benzene rings is 1. The molecule has 2 rings (SSSR count). The zero-order valence-corrected chi connectivity index (χ0v) is 12.9. The highest BCUT2D eigenvalue weighted by Crippen LogP contribution is 2.50. The molecule has 21 heavy (non-hydrogen) atoms. The van der Waals surface area contributed by atoms with Crippen LogP contribution in [0.1, 0.15) is 45.6 Å². The molecule has 0 amide bonds. The Kier molecular flexibility index (Phi) is 4.99. The minimum Gasteiger partial charge on any atom is -0.373 e. The van der Waals surface area contributed by atoms with Gasteiger partial charge in [-0.15, -0.1) is 0 Å². The van der Waals surface area contributed by atoms with Gasteiger partial charge in [-0.25, -0.2) is 8.78 Å². The summed E-state index contributed by atoms with van der Waals surface area (Å²) in [5, 5.41) is 0. The van der Waals surface area contributed by atoms with Gasteiger partial charge in [-0.1, -0.05) is 37.3 Å². The molecule has 2 nitrogen and oxygen atoms in total. The van der Waals surface area contributed by atoms with E-state index in [9.17, 15) is 8.78 Å². The maximum absolute atomic E-state index is 14.2. The number of alkyl halides is 2. The third-order valence-corrected chi connectivity index (χ3v) is 4.02. The lowest BCUT2D eigenvalue weighted by molar-refractivity contribution is -0.290. The summed E-state index contributed by atoms with van der Waals surface area (Å²) in [4.78, 5) is 0. The normalized spacial score (nSPS) is 25.9. The van der Waals surface area contributed by atoms with Crippen LogP contribution in [0.25, 0.3) is 0 Å². The topological polar surface area (TPSA) is 18.5 Å². The Bertz CT molecular complexity index is 439. The van der Waals surface area contributed by atoms with Gasteiger partial charge in [0, 0.05) is 19.3 Å². The van der Waals surface area contributed by atoms with Gasteiger partial charge in [-0.3, -0.25) is 0 Å². The number of hydrogen-bond acceptors (Lipinski definition) is 2. The molecule has 0 radical (unpaired) electrons. The van der Waals surface area contributed by atoms with Crippen LogP contribution >= 0.6 is 0 Å². The maximum Gasteiger partial charge on any atom is 0.276 e. The van der Waals surface area contributed by atoms with Crippen molar-refractivity contribution < 1.29 is 18.3 Å². The minimum atomic E-state index is -2.80. The molecule has 0 bridgehead atoms. The van der Waals surface area contributed by atoms with Gasteiger partial charge in [0.05, 0.1) is 18.8 Å². The van der Waals surface area contributed by atoms with Crippen LogP contribution in [0.2, 0.25) is 0 Å². The molecule has 0 aromatic heterocycles. The molecule has 1 aromatic rings. The standard InChI is InChI=1S/C17H24F2O2/c1-4-17(18,19)16(21-13(2)3)10-15(11-16)20-12-14-8-6-5-7-9-14/h5-9,13,15H,4,10-12H2,1-3H3. The molecule has 0 atom stereocenters. The van der Waals surface area contributed by atoms with Crippen molar-refractivity contribution in [2.45, 2.75) is 70.4 Å². The predicted molar refractivity (Wildman–Crippen MR) is 78.4 cm³/mol. The van der Waals surface area contributed by atoms with Gasteiger partial charge in [-0.2, -0.15) is 0 Å². The highest BCUT2D eigenvalue weighted by atomic mass is 19.3. The fourth-order valence-electron chi connectivity index (χ4n) is 2.84. The van der Waals surface area contributed by atoms with Crippen molar-refractivity contribution in [3.05, 3.63) is 35.9 Å². The third-order valence-electron chi connectivity index (χ3n) is 4.02. The first-order valence-corrected chi connectivity index (χ1v) is 7.60. The Hall–Kier alpha value is -1.00. The van der Waals surface area contributed by atoms with Crippen LogP contribution in [0.4, 0.5) is 8.78 Å². The number of hydrogen-bond donors (Lipinski definition) is 0. The van der Waals surface area contributed by atoms with Crippen LogP contribution in [-0.2, 0) is 16.1 Å². The van der Waals surface area contributed by atoms with Crippen molar-refractivity contribution in [2.75, 3.05) is 0 Å². The average molecular weight is 298 g/mol. The van der Waals surface area contributed by atoms with Crippen LogP contribution in [0.15, 0.2) is 30.3 Å². The smallest absolute Gasteiger partial charge is 0.276 e. The van der Waals surface area contributed by atoms with Crippen molar-refractivity contribution in [1.29, 1.82) is 0 Å². The molecule has 0 aliphatic heterocycles. The van der Waals surface area contributed by atoms with Crippen molar-refractivity contribution in [2.24, 2.45) is 0 Å². The van der Waals surface area contributed by atoms with E-state index >= 15 is 0 Å². The molecule has 118 valence electrons. The fourth-order valence-corrected chi connectivity index (χ4v) is 2.84. The summed E-state index contributed by atoms with van der Waals surface area (Å²) < 4.78 is 39.6. The first-order valence-electron chi connectivity index (χ1n) is 7.60. The highest BCUT2D eigenvalue weighted by molar-refractivity contribution is 5.14. The second kappa shape index (κ2) is 6.41. The maximum atomic E-state index is 14.2. The largest absolute Gasteiger partial charge is 0.373 e. The van der Waals surface area contributed by atoms with Gasteiger partial charge < -0.3 is 9.47 Å². The zero-order chi connectivity index (χ0) is 15.5. The van der Waals surface area contributed by atoms with Crippen molar-refractivity contribution in [3.63, 3.8) is 0 Å². The van der Waals surface area contributed by atoms with Crippen molar-refractivity contribution in [1.82, 2.24) is 0 Å². The van der Waals surface area contributed by atoms with Gasteiger partial charge in [0.2, 0.25) is 0 Å². The summed E-state index contributed by atoms with van der Waals surface area (Å²) in [6.07, 6.45) is -0.0399. The van der Waals surface area contributed by atoms with E-state index < -0.39 is 11.5 Å². The Morgan fingerprint density at radius 3 is 2.38 bits per heavy atom. The summed E-state index contributed by atoms with van der Waals surface area (Å²) in [6.45, 7) is 5.56. The molecule has 1 saturated carbocycles. The molecule has 0 saturated heterocycles. The SMILES string of the molecule is CCC(F)(F)C1(OC(C)C)CC(OCc2ccccc2)C1. The van der Waals surface area contributed by atoms with Gasteiger partial charge in [0.25, 0.3) is 5.92 Å². The molecule has 0 N–H and O–H groups in total. The van der Waals surface area contributed by atoms with E-state index in [0.717, 1.165) is 5.56 Å². The van der Waals surface area contributed by atoms with E-state index in [-0.39, 0.29) is 31.5 Å². The van der Waals surface area contributed by atoms with Crippen LogP contribution in [0, 0.1) is 0 Å². The summed E-state index contributed by atoms with van der Waals surface area (Å²) in [7, 11) is 0. The molecule has 1 aliphatic carbocycles. The third kappa shape index (κ3) is 3.61. The average Bonchev–Trinajstić information content (AvgIpc) is 2.41. The molecule has 1 fully saturated rings. The van der Waals surface area contributed by atoms with Crippen LogP contribution in [-0.4, -0.2) is 23.7 Å². The van der Waals surface area contributed by atoms with E-state index in [0.29, 0.717) is 6.61 Å². The summed E-state index contributed by atoms with van der Waals surface area (Å²) >= 11 is 0. The van der Waals surface area contributed by atoms with Crippen LogP contribution < -0.4 is 0 Å². The van der Waals surface area contributed by atoms with Crippen LogP contribution in [0.5, 0.6) is 0 Å². The van der Waals surface area contributed by atoms with E-state index in [1.165, 1.54) is 6.92 Å². The Morgan fingerprint density at radius 1 is 1.24 bits per heavy atom. The molecule has 1 aliphatic rings. The summed E-state index contributed by atoms with van der Waals surface area (Å²) in [5.74, 6) is -2.80. The van der Waals surface area contributed by atoms with Crippen molar-refractivity contribution >= 4 is 0 Å². The molecule has 1 aromatic carbocycles. The van der Waals surface area contributed by atoms with Gasteiger partial charge in [0.15, 0.2) is 0 Å². The number of halogens is 2. The minimum absolute atomic E-state index is 0.151. The summed E-state index contributed by atoms with van der Waals surface area (Å²) in [6, 6.07) is 9.76. The first kappa shape index (κ1) is 16.4. The zero-order valence-electron chi connectivity index (χ0n) is 12.9. The lowest BCUT2D eigenvalue weighted by atomic mass is 9.71. The Labute approximate surface area is 125 Å². The van der Waals surface area contributed by atoms with Crippen molar-refractivity contribution in [3.8, 4) is 0 Å². The number of rotatable bonds is 7. The monoisotopic (exact) mass is 298 g/mol. The molecule has 0 heterocycles. The number of ether oxygens (including phenoxy) is 2. The highest BCUT2D eigenvalue weighted by Gasteiger charge is 2.61. The molecule has 0 unspecified atom stereocenters. The summed E-state index contributed by atoms with van der Waals surface area (Å²) in [5.41, 5.74) is -0.292. The molecular weight excluding hydrogens is 274 g/mol. The van der Waals surface area contributed by atoms with Gasteiger partial charge in [0.1, 0.15) is 5.60 Å². The Balaban J connectivity index is 1.91. The Morgan fingerprint density at radius 2 is 1.86 bits per heavy atom. The molecule has 4 heteroatoms. The molecular formula is C17H24F2O2. The van der Waals surface area contributed by atoms with E-state index in [4.69, 9.17) is 9.47 Å². The van der Waals surface area contributed by atoms with E-state index in [1.807, 2.05) is 30.3 Å². The van der Waals surface area contributed by atoms with E-state index in [2.05, 4.69) is 0 Å². The fraction of sp³-hybridized carbons (Fsp3) is 0.647. The molecule has 0 spiro atoms. The second-order valence-corrected chi connectivity index (χ2v) is 6.05. The van der Waals surface area contributed by atoms with E-state index in [1.54, 1.807) is 13.8 Å². The van der Waals surface area contributed by atoms with Crippen LogP contribution in [0.3, 0.4) is 0 Å². The first-order chi connectivity index (χ1) is 9.88. The predicted octanol–water partition coefficient (Wildman–Crippen LogP) is 4.57. The van der Waals surface area contributed by atoms with Gasteiger partial charge in [-0.05, 0) is 19.4 Å².